The smallest absolute Gasteiger partial charge is 0.259 e. The highest BCUT2D eigenvalue weighted by molar-refractivity contribution is 5.99. The Morgan fingerprint density at radius 1 is 1.18 bits per heavy atom. The second-order valence-corrected chi connectivity index (χ2v) is 6.89. The van der Waals surface area contributed by atoms with Gasteiger partial charge in [0, 0.05) is 31.5 Å². The lowest BCUT2D eigenvalue weighted by Gasteiger charge is -2.25. The number of fused-ring (bicyclic) bond motifs is 1. The van der Waals surface area contributed by atoms with E-state index in [1.807, 2.05) is 13.1 Å². The Hall–Kier alpha value is -2.80. The maximum absolute atomic E-state index is 13.2. The molecule has 2 aromatic heterocycles. The molecule has 0 aliphatic carbocycles. The molecule has 2 heterocycles. The molecule has 0 saturated heterocycles. The topological polar surface area (TPSA) is 53.7 Å². The summed E-state index contributed by atoms with van der Waals surface area (Å²) in [6, 6.07) is 5.98. The minimum Gasteiger partial charge on any atom is -0.335 e. The van der Waals surface area contributed by atoms with Crippen LogP contribution >= 0.6 is 0 Å². The first-order chi connectivity index (χ1) is 13.4. The van der Waals surface area contributed by atoms with Crippen LogP contribution in [0.2, 0.25) is 0 Å². The molecule has 0 aliphatic rings. The second kappa shape index (κ2) is 8.48. The fourth-order valence-electron chi connectivity index (χ4n) is 3.18. The number of halogens is 1. The third-order valence-corrected chi connectivity index (χ3v) is 5.19. The van der Waals surface area contributed by atoms with E-state index >= 15 is 0 Å². The Bertz CT molecular complexity index is 949. The molecular weight excluding hydrogens is 357 g/mol. The van der Waals surface area contributed by atoms with Crippen molar-refractivity contribution < 1.29 is 9.18 Å². The number of nitrogens with zero attached hydrogens (tertiary/aromatic N) is 5. The fraction of sp³-hybridized carbons (Fsp3) is 0.381. The molecule has 148 valence electrons. The Morgan fingerprint density at radius 3 is 2.50 bits per heavy atom. The van der Waals surface area contributed by atoms with Gasteiger partial charge in [0.25, 0.3) is 5.91 Å². The van der Waals surface area contributed by atoms with E-state index in [1.54, 1.807) is 41.0 Å². The summed E-state index contributed by atoms with van der Waals surface area (Å²) in [6.45, 7) is 8.87. The summed E-state index contributed by atoms with van der Waals surface area (Å²) in [6.07, 6.45) is 5.27. The van der Waals surface area contributed by atoms with Gasteiger partial charge in [0.2, 0.25) is 0 Å². The van der Waals surface area contributed by atoms with Crippen LogP contribution in [0.1, 0.15) is 48.3 Å². The first-order valence-electron chi connectivity index (χ1n) is 9.51. The highest BCUT2D eigenvalue weighted by Crippen LogP contribution is 2.22. The second-order valence-electron chi connectivity index (χ2n) is 6.89. The number of hydrogen-bond acceptors (Lipinski definition) is 4. The molecule has 3 rings (SSSR count). The predicted octanol–water partition coefficient (Wildman–Crippen LogP) is 3.54. The van der Waals surface area contributed by atoms with E-state index < -0.39 is 0 Å². The number of rotatable bonds is 7. The van der Waals surface area contributed by atoms with Crippen molar-refractivity contribution in [3.05, 3.63) is 65.4 Å². The standard InChI is InChI=1S/C21H26FN5O/c1-5-26(6-2)13-16-11-23-20-19(12-24-27(20)14-16)21(28)25(4)15(3)17-7-9-18(22)10-8-17/h7-12,14-15H,5-6,13H2,1-4H3/t15-/m0/s1. The van der Waals surface area contributed by atoms with Gasteiger partial charge in [0.15, 0.2) is 5.65 Å². The van der Waals surface area contributed by atoms with Gasteiger partial charge in [-0.2, -0.15) is 5.10 Å². The van der Waals surface area contributed by atoms with Crippen molar-refractivity contribution in [2.75, 3.05) is 20.1 Å². The Labute approximate surface area is 164 Å². The van der Waals surface area contributed by atoms with Crippen molar-refractivity contribution >= 4 is 11.6 Å². The molecule has 1 aromatic carbocycles. The van der Waals surface area contributed by atoms with E-state index in [4.69, 9.17) is 0 Å². The molecule has 0 radical (unpaired) electrons. The summed E-state index contributed by atoms with van der Waals surface area (Å²) in [5, 5.41) is 4.32. The average molecular weight is 383 g/mol. The van der Waals surface area contributed by atoms with Crippen LogP contribution in [0.25, 0.3) is 5.65 Å². The van der Waals surface area contributed by atoms with Gasteiger partial charge in [0.05, 0.1) is 12.2 Å². The van der Waals surface area contributed by atoms with E-state index in [1.165, 1.54) is 12.1 Å². The molecule has 7 heteroatoms. The Balaban J connectivity index is 1.82. The van der Waals surface area contributed by atoms with E-state index in [9.17, 15) is 9.18 Å². The molecule has 3 aromatic rings. The van der Waals surface area contributed by atoms with Crippen LogP contribution in [0, 0.1) is 5.82 Å². The molecule has 1 amide bonds. The van der Waals surface area contributed by atoms with E-state index in [2.05, 4.69) is 28.8 Å². The largest absolute Gasteiger partial charge is 0.335 e. The zero-order chi connectivity index (χ0) is 20.3. The molecule has 6 nitrogen and oxygen atoms in total. The number of amides is 1. The molecule has 0 fully saturated rings. The van der Waals surface area contributed by atoms with Gasteiger partial charge in [-0.1, -0.05) is 26.0 Å². The lowest BCUT2D eigenvalue weighted by atomic mass is 10.1. The third-order valence-electron chi connectivity index (χ3n) is 5.19. The lowest BCUT2D eigenvalue weighted by Crippen LogP contribution is -2.29. The van der Waals surface area contributed by atoms with Crippen molar-refractivity contribution in [2.24, 2.45) is 0 Å². The molecule has 0 saturated carbocycles. The summed E-state index contributed by atoms with van der Waals surface area (Å²) in [5.41, 5.74) is 2.90. The summed E-state index contributed by atoms with van der Waals surface area (Å²) in [5.74, 6) is -0.465. The maximum Gasteiger partial charge on any atom is 0.259 e. The first-order valence-corrected chi connectivity index (χ1v) is 9.51. The van der Waals surface area contributed by atoms with Crippen molar-refractivity contribution in [1.82, 2.24) is 24.4 Å². The van der Waals surface area contributed by atoms with Gasteiger partial charge in [-0.25, -0.2) is 13.9 Å². The predicted molar refractivity (Wildman–Crippen MR) is 107 cm³/mol. The third kappa shape index (κ3) is 4.04. The number of hydrogen-bond donors (Lipinski definition) is 0. The highest BCUT2D eigenvalue weighted by atomic mass is 19.1. The number of aromatic nitrogens is 3. The van der Waals surface area contributed by atoms with Gasteiger partial charge in [-0.3, -0.25) is 9.69 Å². The fourth-order valence-corrected chi connectivity index (χ4v) is 3.18. The van der Waals surface area contributed by atoms with Crippen LogP contribution < -0.4 is 0 Å². The molecule has 0 N–H and O–H groups in total. The summed E-state index contributed by atoms with van der Waals surface area (Å²) in [7, 11) is 1.73. The van der Waals surface area contributed by atoms with E-state index in [-0.39, 0.29) is 17.8 Å². The zero-order valence-corrected chi connectivity index (χ0v) is 16.8. The number of carbonyl (C=O) groups is 1. The minimum atomic E-state index is -0.294. The molecule has 28 heavy (non-hydrogen) atoms. The summed E-state index contributed by atoms with van der Waals surface area (Å²) >= 11 is 0. The summed E-state index contributed by atoms with van der Waals surface area (Å²) < 4.78 is 14.8. The van der Waals surface area contributed by atoms with Crippen LogP contribution in [0.4, 0.5) is 4.39 Å². The average Bonchev–Trinajstić information content (AvgIpc) is 3.14. The molecule has 0 spiro atoms. The van der Waals surface area contributed by atoms with Crippen molar-refractivity contribution in [3.8, 4) is 0 Å². The van der Waals surface area contributed by atoms with Crippen LogP contribution in [0.3, 0.4) is 0 Å². The van der Waals surface area contributed by atoms with Crippen LogP contribution in [-0.2, 0) is 6.54 Å². The zero-order valence-electron chi connectivity index (χ0n) is 16.8. The van der Waals surface area contributed by atoms with Crippen LogP contribution in [0.5, 0.6) is 0 Å². The van der Waals surface area contributed by atoms with E-state index in [0.29, 0.717) is 11.2 Å². The van der Waals surface area contributed by atoms with Gasteiger partial charge >= 0.3 is 0 Å². The molecule has 0 unspecified atom stereocenters. The normalized spacial score (nSPS) is 12.5. The van der Waals surface area contributed by atoms with Gasteiger partial charge < -0.3 is 4.90 Å². The maximum atomic E-state index is 13.2. The molecule has 1 atom stereocenters. The SMILES string of the molecule is CCN(CC)Cc1cnc2c(C(=O)N(C)[C@@H](C)c3ccc(F)cc3)cnn2c1. The number of carbonyl (C=O) groups excluding carboxylic acids is 1. The first kappa shape index (κ1) is 19.9. The van der Waals surface area contributed by atoms with Gasteiger partial charge in [0.1, 0.15) is 11.4 Å². The quantitative estimate of drug-likeness (QED) is 0.626. The van der Waals surface area contributed by atoms with Gasteiger partial charge in [-0.05, 0) is 37.7 Å². The Kier molecular flexibility index (Phi) is 6.04. The summed E-state index contributed by atoms with van der Waals surface area (Å²) in [4.78, 5) is 21.4. The monoisotopic (exact) mass is 383 g/mol. The minimum absolute atomic E-state index is 0.171. The van der Waals surface area contributed by atoms with Crippen molar-refractivity contribution in [3.63, 3.8) is 0 Å². The molecule has 0 aliphatic heterocycles. The molecular formula is C21H26FN5O. The van der Waals surface area contributed by atoms with Crippen LogP contribution in [-0.4, -0.2) is 50.4 Å². The lowest BCUT2D eigenvalue weighted by molar-refractivity contribution is 0.0744. The van der Waals surface area contributed by atoms with E-state index in [0.717, 1.165) is 30.8 Å². The van der Waals surface area contributed by atoms with Crippen molar-refractivity contribution in [2.45, 2.75) is 33.4 Å². The van der Waals surface area contributed by atoms with Gasteiger partial charge in [-0.15, -0.1) is 0 Å². The van der Waals surface area contributed by atoms with Crippen molar-refractivity contribution in [1.29, 1.82) is 0 Å². The number of benzene rings is 1. The highest BCUT2D eigenvalue weighted by Gasteiger charge is 2.23. The Morgan fingerprint density at radius 2 is 1.86 bits per heavy atom. The van der Waals surface area contributed by atoms with Crippen LogP contribution in [0.15, 0.2) is 42.9 Å². The molecule has 0 bridgehead atoms.